The van der Waals surface area contributed by atoms with Gasteiger partial charge in [-0.1, -0.05) is 36.0 Å². The molecular weight excluding hydrogens is 286 g/mol. The molecule has 0 spiro atoms. The van der Waals surface area contributed by atoms with E-state index in [0.29, 0.717) is 27.9 Å². The van der Waals surface area contributed by atoms with Crippen molar-refractivity contribution >= 4 is 34.3 Å². The molecule has 0 bridgehead atoms. The van der Waals surface area contributed by atoms with Crippen LogP contribution in [-0.2, 0) is 0 Å². The van der Waals surface area contributed by atoms with Gasteiger partial charge in [-0.25, -0.2) is 0 Å². The van der Waals surface area contributed by atoms with E-state index in [1.807, 2.05) is 0 Å². The van der Waals surface area contributed by atoms with Crippen molar-refractivity contribution in [2.24, 2.45) is 0 Å². The third-order valence-corrected chi connectivity index (χ3v) is 3.83. The highest BCUT2D eigenvalue weighted by molar-refractivity contribution is 8.13. The van der Waals surface area contributed by atoms with Crippen LogP contribution in [0.3, 0.4) is 0 Å². The van der Waals surface area contributed by atoms with Crippen LogP contribution < -0.4 is 5.32 Å². The molecule has 21 heavy (non-hydrogen) atoms. The molecule has 0 fully saturated rings. The van der Waals surface area contributed by atoms with Crippen LogP contribution in [-0.4, -0.2) is 23.1 Å². The highest BCUT2D eigenvalue weighted by Gasteiger charge is 2.29. The van der Waals surface area contributed by atoms with Gasteiger partial charge in [-0.2, -0.15) is 0 Å². The standard InChI is InChI=1S/C16H11NO3S/c1-21-16(20)17-9-6-7-12-13(8-9)15(19)11-5-3-2-4-10(11)14(12)18/h2-8H,1H3,(H,17,20). The lowest BCUT2D eigenvalue weighted by molar-refractivity contribution is 0.0979. The Morgan fingerprint density at radius 2 is 1.48 bits per heavy atom. The Morgan fingerprint density at radius 3 is 2.10 bits per heavy atom. The van der Waals surface area contributed by atoms with Crippen LogP contribution in [0, 0.1) is 0 Å². The van der Waals surface area contributed by atoms with Crippen molar-refractivity contribution < 1.29 is 14.4 Å². The first kappa shape index (κ1) is 13.6. The van der Waals surface area contributed by atoms with Gasteiger partial charge in [0, 0.05) is 27.9 Å². The van der Waals surface area contributed by atoms with Gasteiger partial charge >= 0.3 is 0 Å². The Bertz CT molecular complexity index is 783. The minimum absolute atomic E-state index is 0.164. The predicted octanol–water partition coefficient (Wildman–Crippen LogP) is 3.36. The second-order valence-electron chi connectivity index (χ2n) is 4.58. The van der Waals surface area contributed by atoms with Gasteiger partial charge in [-0.3, -0.25) is 14.4 Å². The number of hydrogen-bond donors (Lipinski definition) is 1. The van der Waals surface area contributed by atoms with Crippen LogP contribution >= 0.6 is 11.8 Å². The smallest absolute Gasteiger partial charge is 0.283 e. The molecule has 0 saturated heterocycles. The van der Waals surface area contributed by atoms with E-state index >= 15 is 0 Å². The fourth-order valence-corrected chi connectivity index (χ4v) is 2.57. The maximum absolute atomic E-state index is 12.5. The Labute approximate surface area is 125 Å². The normalized spacial score (nSPS) is 12.6. The lowest BCUT2D eigenvalue weighted by atomic mass is 9.84. The van der Waals surface area contributed by atoms with E-state index < -0.39 is 0 Å². The van der Waals surface area contributed by atoms with Crippen LogP contribution in [0.5, 0.6) is 0 Å². The zero-order valence-corrected chi connectivity index (χ0v) is 12.0. The van der Waals surface area contributed by atoms with Gasteiger partial charge < -0.3 is 5.32 Å². The fourth-order valence-electron chi connectivity index (χ4n) is 2.35. The molecule has 0 aromatic heterocycles. The molecule has 2 aromatic rings. The number of benzene rings is 2. The average molecular weight is 297 g/mol. The topological polar surface area (TPSA) is 63.2 Å². The van der Waals surface area contributed by atoms with Gasteiger partial charge in [0.05, 0.1) is 0 Å². The van der Waals surface area contributed by atoms with Gasteiger partial charge in [0.2, 0.25) is 0 Å². The van der Waals surface area contributed by atoms with Crippen molar-refractivity contribution in [3.8, 4) is 0 Å². The van der Waals surface area contributed by atoms with Crippen LogP contribution in [0.1, 0.15) is 31.8 Å². The number of amides is 1. The lowest BCUT2D eigenvalue weighted by Crippen LogP contribution is -2.21. The Balaban J connectivity index is 2.09. The second-order valence-corrected chi connectivity index (χ2v) is 5.36. The molecule has 1 aliphatic rings. The molecule has 1 N–H and O–H groups in total. The van der Waals surface area contributed by atoms with Crippen molar-refractivity contribution in [2.45, 2.75) is 0 Å². The molecule has 104 valence electrons. The van der Waals surface area contributed by atoms with E-state index in [0.717, 1.165) is 11.8 Å². The summed E-state index contributed by atoms with van der Waals surface area (Å²) in [5.41, 5.74) is 2.05. The number of fused-ring (bicyclic) bond motifs is 2. The summed E-state index contributed by atoms with van der Waals surface area (Å²) < 4.78 is 0. The minimum atomic E-state index is -0.218. The minimum Gasteiger partial charge on any atom is -0.317 e. The first-order valence-electron chi connectivity index (χ1n) is 6.29. The Hall–Kier alpha value is -2.40. The monoisotopic (exact) mass is 297 g/mol. The van der Waals surface area contributed by atoms with Crippen molar-refractivity contribution in [1.29, 1.82) is 0 Å². The molecule has 0 saturated carbocycles. The molecule has 1 aliphatic carbocycles. The summed E-state index contributed by atoms with van der Waals surface area (Å²) in [4.78, 5) is 36.3. The highest BCUT2D eigenvalue weighted by atomic mass is 32.2. The van der Waals surface area contributed by atoms with Crippen LogP contribution in [0.4, 0.5) is 10.5 Å². The molecule has 0 radical (unpaired) electrons. The van der Waals surface area contributed by atoms with Crippen LogP contribution in [0.2, 0.25) is 0 Å². The quantitative estimate of drug-likeness (QED) is 0.748. The summed E-state index contributed by atoms with van der Waals surface area (Å²) in [6.07, 6.45) is 1.67. The first-order chi connectivity index (χ1) is 10.1. The van der Waals surface area contributed by atoms with Gasteiger partial charge in [-0.05, 0) is 24.5 Å². The number of rotatable bonds is 1. The third-order valence-electron chi connectivity index (χ3n) is 3.36. The van der Waals surface area contributed by atoms with Crippen LogP contribution in [0.25, 0.3) is 0 Å². The third kappa shape index (κ3) is 2.25. The van der Waals surface area contributed by atoms with Crippen LogP contribution in [0.15, 0.2) is 42.5 Å². The Kier molecular flexibility index (Phi) is 3.35. The maximum Gasteiger partial charge on any atom is 0.283 e. The molecule has 5 heteroatoms. The van der Waals surface area contributed by atoms with Gasteiger partial charge in [0.25, 0.3) is 5.24 Å². The van der Waals surface area contributed by atoms with Gasteiger partial charge in [0.15, 0.2) is 11.6 Å². The van der Waals surface area contributed by atoms with Crippen molar-refractivity contribution in [2.75, 3.05) is 11.6 Å². The predicted molar refractivity (Wildman–Crippen MR) is 82.3 cm³/mol. The van der Waals surface area contributed by atoms with Gasteiger partial charge in [0.1, 0.15) is 0 Å². The number of hydrogen-bond acceptors (Lipinski definition) is 4. The van der Waals surface area contributed by atoms with Crippen molar-refractivity contribution in [3.63, 3.8) is 0 Å². The van der Waals surface area contributed by atoms with E-state index in [-0.39, 0.29) is 16.8 Å². The number of anilines is 1. The average Bonchev–Trinajstić information content (AvgIpc) is 2.52. The number of nitrogens with one attached hydrogen (secondary N) is 1. The largest absolute Gasteiger partial charge is 0.317 e. The first-order valence-corrected chi connectivity index (χ1v) is 7.51. The van der Waals surface area contributed by atoms with Gasteiger partial charge in [-0.15, -0.1) is 0 Å². The van der Waals surface area contributed by atoms with Crippen molar-refractivity contribution in [1.82, 2.24) is 0 Å². The molecule has 0 heterocycles. The summed E-state index contributed by atoms with van der Waals surface area (Å²) in [6.45, 7) is 0. The zero-order chi connectivity index (χ0) is 15.0. The zero-order valence-electron chi connectivity index (χ0n) is 11.2. The van der Waals surface area contributed by atoms with E-state index in [1.54, 1.807) is 48.7 Å². The lowest BCUT2D eigenvalue weighted by Gasteiger charge is -2.18. The fraction of sp³-hybridized carbons (Fsp3) is 0.0625. The number of thioether (sulfide) groups is 1. The van der Waals surface area contributed by atoms with E-state index in [2.05, 4.69) is 5.32 Å². The number of carbonyl (C=O) groups excluding carboxylic acids is 3. The summed E-state index contributed by atoms with van der Waals surface area (Å²) in [6, 6.07) is 11.5. The molecule has 3 rings (SSSR count). The molecule has 4 nitrogen and oxygen atoms in total. The summed E-state index contributed by atoms with van der Waals surface area (Å²) in [5.74, 6) is -0.358. The molecule has 0 aliphatic heterocycles. The molecule has 0 unspecified atom stereocenters. The molecule has 0 atom stereocenters. The number of ketones is 2. The molecule has 1 amide bonds. The second kappa shape index (κ2) is 5.18. The van der Waals surface area contributed by atoms with E-state index in [4.69, 9.17) is 0 Å². The number of carbonyl (C=O) groups is 3. The maximum atomic E-state index is 12.5. The SMILES string of the molecule is CSC(=O)Nc1ccc2c(c1)C(=O)c1ccccc1C2=O. The summed E-state index contributed by atoms with van der Waals surface area (Å²) >= 11 is 1.05. The Morgan fingerprint density at radius 1 is 0.905 bits per heavy atom. The van der Waals surface area contributed by atoms with E-state index in [1.165, 1.54) is 0 Å². The van der Waals surface area contributed by atoms with Crippen molar-refractivity contribution in [3.05, 3.63) is 64.7 Å². The summed E-state index contributed by atoms with van der Waals surface area (Å²) in [7, 11) is 0. The molecule has 2 aromatic carbocycles. The highest BCUT2D eigenvalue weighted by Crippen LogP contribution is 2.29. The van der Waals surface area contributed by atoms with E-state index in [9.17, 15) is 14.4 Å². The summed E-state index contributed by atoms with van der Waals surface area (Å²) in [5, 5.41) is 2.44. The molecular formula is C16H11NO3S.